The number of carboxylic acid groups (broad SMARTS) is 1. The summed E-state index contributed by atoms with van der Waals surface area (Å²) in [5.74, 6) is 0.247. The zero-order valence-electron chi connectivity index (χ0n) is 11.3. The maximum Gasteiger partial charge on any atom is 0.304 e. The van der Waals surface area contributed by atoms with E-state index in [1.807, 2.05) is 0 Å². The Morgan fingerprint density at radius 3 is 2.05 bits per heavy atom. The van der Waals surface area contributed by atoms with Gasteiger partial charge < -0.3 is 25.1 Å². The Balaban J connectivity index is 3.24. The lowest BCUT2D eigenvalue weighted by Crippen LogP contribution is -2.16. The first-order valence-corrected chi connectivity index (χ1v) is 5.79. The van der Waals surface area contributed by atoms with Gasteiger partial charge in [0, 0.05) is 5.92 Å². The standard InChI is InChI=1S/C13H19NO5/c1-17-10-4-8(9(7-14)6-12(15)16)5-11(18-2)13(10)19-3/h4-5,9H,6-7,14H2,1-3H3,(H,15,16)/t9-/m0/s1. The largest absolute Gasteiger partial charge is 0.493 e. The first-order valence-electron chi connectivity index (χ1n) is 5.79. The Labute approximate surface area is 112 Å². The number of ether oxygens (including phenoxy) is 3. The Kier molecular flexibility index (Phi) is 5.44. The van der Waals surface area contributed by atoms with Crippen LogP contribution in [0.2, 0.25) is 0 Å². The van der Waals surface area contributed by atoms with Crippen LogP contribution in [0.15, 0.2) is 12.1 Å². The molecule has 0 bridgehead atoms. The predicted molar refractivity (Wildman–Crippen MR) is 70.1 cm³/mol. The van der Waals surface area contributed by atoms with Crippen molar-refractivity contribution in [3.8, 4) is 17.2 Å². The summed E-state index contributed by atoms with van der Waals surface area (Å²) < 4.78 is 15.7. The highest BCUT2D eigenvalue weighted by molar-refractivity contribution is 5.68. The quantitative estimate of drug-likeness (QED) is 0.773. The molecule has 6 nitrogen and oxygen atoms in total. The average molecular weight is 269 g/mol. The molecule has 1 rings (SSSR count). The summed E-state index contributed by atoms with van der Waals surface area (Å²) in [5.41, 5.74) is 6.38. The zero-order chi connectivity index (χ0) is 14.4. The number of hydrogen-bond donors (Lipinski definition) is 2. The van der Waals surface area contributed by atoms with E-state index in [-0.39, 0.29) is 18.9 Å². The maximum absolute atomic E-state index is 10.8. The minimum absolute atomic E-state index is 0.0465. The summed E-state index contributed by atoms with van der Waals surface area (Å²) >= 11 is 0. The van der Waals surface area contributed by atoms with Crippen molar-refractivity contribution in [2.45, 2.75) is 12.3 Å². The molecule has 106 valence electrons. The third-order valence-electron chi connectivity index (χ3n) is 2.86. The van der Waals surface area contributed by atoms with Gasteiger partial charge in [-0.2, -0.15) is 0 Å². The molecule has 0 aliphatic rings. The topological polar surface area (TPSA) is 91.0 Å². The summed E-state index contributed by atoms with van der Waals surface area (Å²) in [6.45, 7) is 0.227. The SMILES string of the molecule is COc1cc([C@H](CN)CC(=O)O)cc(OC)c1OC. The second kappa shape index (κ2) is 6.84. The van der Waals surface area contributed by atoms with E-state index in [2.05, 4.69) is 0 Å². The number of benzene rings is 1. The average Bonchev–Trinajstić information content (AvgIpc) is 2.42. The van der Waals surface area contributed by atoms with Crippen LogP contribution in [0.25, 0.3) is 0 Å². The van der Waals surface area contributed by atoms with E-state index >= 15 is 0 Å². The van der Waals surface area contributed by atoms with Crippen LogP contribution in [0.3, 0.4) is 0 Å². The molecule has 0 spiro atoms. The molecule has 0 aromatic heterocycles. The lowest BCUT2D eigenvalue weighted by atomic mass is 9.95. The molecule has 0 saturated heterocycles. The van der Waals surface area contributed by atoms with E-state index in [1.54, 1.807) is 12.1 Å². The van der Waals surface area contributed by atoms with Crippen LogP contribution in [-0.2, 0) is 4.79 Å². The molecular weight excluding hydrogens is 250 g/mol. The van der Waals surface area contributed by atoms with Crippen LogP contribution in [0.4, 0.5) is 0 Å². The molecule has 1 aromatic rings. The van der Waals surface area contributed by atoms with Gasteiger partial charge in [-0.05, 0) is 24.2 Å². The molecule has 0 radical (unpaired) electrons. The van der Waals surface area contributed by atoms with Crippen molar-refractivity contribution in [3.63, 3.8) is 0 Å². The number of methoxy groups -OCH3 is 3. The van der Waals surface area contributed by atoms with Crippen LogP contribution < -0.4 is 19.9 Å². The number of nitrogens with two attached hydrogens (primary N) is 1. The van der Waals surface area contributed by atoms with Gasteiger partial charge in [0.25, 0.3) is 0 Å². The highest BCUT2D eigenvalue weighted by Crippen LogP contribution is 2.40. The molecule has 0 saturated carbocycles. The van der Waals surface area contributed by atoms with Crippen molar-refractivity contribution in [1.82, 2.24) is 0 Å². The molecule has 0 amide bonds. The van der Waals surface area contributed by atoms with Crippen LogP contribution in [-0.4, -0.2) is 38.9 Å². The Morgan fingerprint density at radius 1 is 1.21 bits per heavy atom. The van der Waals surface area contributed by atoms with Crippen molar-refractivity contribution in [1.29, 1.82) is 0 Å². The minimum Gasteiger partial charge on any atom is -0.493 e. The van der Waals surface area contributed by atoms with Gasteiger partial charge in [-0.3, -0.25) is 4.79 Å². The third kappa shape index (κ3) is 3.51. The van der Waals surface area contributed by atoms with Crippen molar-refractivity contribution < 1.29 is 24.1 Å². The summed E-state index contributed by atoms with van der Waals surface area (Å²) in [7, 11) is 4.53. The molecule has 1 aromatic carbocycles. The lowest BCUT2D eigenvalue weighted by molar-refractivity contribution is -0.137. The van der Waals surface area contributed by atoms with Gasteiger partial charge in [-0.25, -0.2) is 0 Å². The normalized spacial score (nSPS) is 11.8. The molecule has 19 heavy (non-hydrogen) atoms. The molecule has 0 heterocycles. The smallest absolute Gasteiger partial charge is 0.304 e. The van der Waals surface area contributed by atoms with Gasteiger partial charge in [0.1, 0.15) is 0 Å². The fourth-order valence-electron chi connectivity index (χ4n) is 1.89. The number of rotatable bonds is 7. The second-order valence-corrected chi connectivity index (χ2v) is 3.99. The monoisotopic (exact) mass is 269 g/mol. The maximum atomic E-state index is 10.8. The fraction of sp³-hybridized carbons (Fsp3) is 0.462. The molecule has 0 fully saturated rings. The molecule has 6 heteroatoms. The van der Waals surface area contributed by atoms with E-state index in [9.17, 15) is 4.79 Å². The van der Waals surface area contributed by atoms with Gasteiger partial charge in [0.2, 0.25) is 5.75 Å². The van der Waals surface area contributed by atoms with Gasteiger partial charge in [0.05, 0.1) is 27.8 Å². The third-order valence-corrected chi connectivity index (χ3v) is 2.86. The van der Waals surface area contributed by atoms with E-state index < -0.39 is 5.97 Å². The van der Waals surface area contributed by atoms with E-state index in [0.717, 1.165) is 5.56 Å². The number of aliphatic carboxylic acids is 1. The summed E-state index contributed by atoms with van der Waals surface area (Å²) in [6, 6.07) is 3.45. The van der Waals surface area contributed by atoms with Gasteiger partial charge in [-0.15, -0.1) is 0 Å². The van der Waals surface area contributed by atoms with Crippen LogP contribution in [0.1, 0.15) is 17.9 Å². The van der Waals surface area contributed by atoms with E-state index in [1.165, 1.54) is 21.3 Å². The molecule has 0 unspecified atom stereocenters. The molecule has 0 aliphatic heterocycles. The summed E-state index contributed by atoms with van der Waals surface area (Å²) in [4.78, 5) is 10.8. The van der Waals surface area contributed by atoms with E-state index in [4.69, 9.17) is 25.1 Å². The molecule has 1 atom stereocenters. The minimum atomic E-state index is -0.899. The second-order valence-electron chi connectivity index (χ2n) is 3.99. The van der Waals surface area contributed by atoms with Gasteiger partial charge in [-0.1, -0.05) is 0 Å². The first-order chi connectivity index (χ1) is 9.07. The lowest BCUT2D eigenvalue weighted by Gasteiger charge is -2.18. The number of carboxylic acids is 1. The van der Waals surface area contributed by atoms with Gasteiger partial charge in [0.15, 0.2) is 11.5 Å². The van der Waals surface area contributed by atoms with Crippen LogP contribution in [0, 0.1) is 0 Å². The predicted octanol–water partition coefficient (Wildman–Crippen LogP) is 1.23. The Morgan fingerprint density at radius 2 is 1.74 bits per heavy atom. The molecule has 0 aliphatic carbocycles. The van der Waals surface area contributed by atoms with Crippen LogP contribution in [0.5, 0.6) is 17.2 Å². The van der Waals surface area contributed by atoms with Crippen molar-refractivity contribution in [2.24, 2.45) is 5.73 Å². The number of carbonyl (C=O) groups is 1. The first kappa shape index (κ1) is 15.1. The van der Waals surface area contributed by atoms with Crippen LogP contribution >= 0.6 is 0 Å². The Hall–Kier alpha value is -1.95. The molecular formula is C13H19NO5. The highest BCUT2D eigenvalue weighted by atomic mass is 16.5. The molecule has 3 N–H and O–H groups in total. The van der Waals surface area contributed by atoms with E-state index in [0.29, 0.717) is 17.2 Å². The summed E-state index contributed by atoms with van der Waals surface area (Å²) in [5, 5.41) is 8.89. The van der Waals surface area contributed by atoms with Crippen molar-refractivity contribution in [2.75, 3.05) is 27.9 Å². The Bertz CT molecular complexity index is 422. The van der Waals surface area contributed by atoms with Crippen molar-refractivity contribution >= 4 is 5.97 Å². The summed E-state index contributed by atoms with van der Waals surface area (Å²) in [6.07, 6.45) is -0.0465. The van der Waals surface area contributed by atoms with Gasteiger partial charge >= 0.3 is 5.97 Å². The zero-order valence-corrected chi connectivity index (χ0v) is 11.3. The number of hydrogen-bond acceptors (Lipinski definition) is 5. The fourth-order valence-corrected chi connectivity index (χ4v) is 1.89. The van der Waals surface area contributed by atoms with Crippen molar-refractivity contribution in [3.05, 3.63) is 17.7 Å². The highest BCUT2D eigenvalue weighted by Gasteiger charge is 2.19.